The van der Waals surface area contributed by atoms with Crippen LogP contribution >= 0.6 is 0 Å². The number of nitrogens with zero attached hydrogens (tertiary/aromatic N) is 1. The molecular weight excluding hydrogens is 156 g/mol. The number of likely N-dealkylation sites (tertiary alicyclic amines) is 1. The Bertz CT molecular complexity index is 161. The molecule has 0 bridgehead atoms. The molecule has 1 fully saturated rings. The molecule has 0 aromatic carbocycles. The second-order valence-corrected chi connectivity index (χ2v) is 3.00. The van der Waals surface area contributed by atoms with Gasteiger partial charge < -0.3 is 15.4 Å². The fourth-order valence-corrected chi connectivity index (χ4v) is 1.34. The van der Waals surface area contributed by atoms with Gasteiger partial charge in [-0.2, -0.15) is 0 Å². The van der Waals surface area contributed by atoms with Crippen LogP contribution in [0.25, 0.3) is 0 Å². The Labute approximate surface area is 72.7 Å². The summed E-state index contributed by atoms with van der Waals surface area (Å²) in [4.78, 5) is 12.9. The third-order valence-electron chi connectivity index (χ3n) is 1.95. The largest absolute Gasteiger partial charge is 0.380 e. The van der Waals surface area contributed by atoms with Gasteiger partial charge in [0.25, 0.3) is 0 Å². The number of amides is 1. The van der Waals surface area contributed by atoms with Crippen molar-refractivity contribution in [2.75, 3.05) is 26.3 Å². The van der Waals surface area contributed by atoms with E-state index in [1.165, 1.54) is 0 Å². The number of carbonyl (C=O) groups is 1. The van der Waals surface area contributed by atoms with E-state index in [0.717, 1.165) is 0 Å². The molecule has 12 heavy (non-hydrogen) atoms. The van der Waals surface area contributed by atoms with E-state index in [-0.39, 0.29) is 11.9 Å². The van der Waals surface area contributed by atoms with Crippen molar-refractivity contribution in [1.82, 2.24) is 4.90 Å². The van der Waals surface area contributed by atoms with E-state index in [1.807, 2.05) is 6.92 Å². The molecule has 0 spiro atoms. The molecule has 2 N–H and O–H groups in total. The van der Waals surface area contributed by atoms with Gasteiger partial charge in [0, 0.05) is 32.2 Å². The first-order valence-corrected chi connectivity index (χ1v) is 4.35. The molecule has 0 unspecified atom stereocenters. The molecule has 1 heterocycles. The number of hydrogen-bond acceptors (Lipinski definition) is 3. The Morgan fingerprint density at radius 2 is 2.50 bits per heavy atom. The molecule has 0 aromatic heterocycles. The van der Waals surface area contributed by atoms with Gasteiger partial charge in [0.15, 0.2) is 0 Å². The summed E-state index contributed by atoms with van der Waals surface area (Å²) < 4.78 is 5.14. The second kappa shape index (κ2) is 4.42. The van der Waals surface area contributed by atoms with E-state index in [0.29, 0.717) is 32.7 Å². The highest BCUT2D eigenvalue weighted by Crippen LogP contribution is 2.07. The molecule has 1 atom stereocenters. The third-order valence-corrected chi connectivity index (χ3v) is 1.95. The van der Waals surface area contributed by atoms with Crippen LogP contribution < -0.4 is 5.73 Å². The van der Waals surface area contributed by atoms with Crippen molar-refractivity contribution in [1.29, 1.82) is 0 Å². The number of carbonyl (C=O) groups excluding carboxylic acids is 1. The predicted molar refractivity (Wildman–Crippen MR) is 45.7 cm³/mol. The Morgan fingerprint density at radius 1 is 1.75 bits per heavy atom. The highest BCUT2D eigenvalue weighted by molar-refractivity contribution is 5.79. The molecule has 4 heteroatoms. The molecule has 0 aromatic rings. The van der Waals surface area contributed by atoms with Gasteiger partial charge in [-0.1, -0.05) is 0 Å². The van der Waals surface area contributed by atoms with Gasteiger partial charge in [0.1, 0.15) is 0 Å². The average molecular weight is 172 g/mol. The summed E-state index contributed by atoms with van der Waals surface area (Å²) >= 11 is 0. The van der Waals surface area contributed by atoms with Gasteiger partial charge in [0.05, 0.1) is 6.61 Å². The summed E-state index contributed by atoms with van der Waals surface area (Å²) in [5.74, 6) is 0.155. The predicted octanol–water partition coefficient (Wildman–Crippen LogP) is -0.417. The highest BCUT2D eigenvalue weighted by Gasteiger charge is 2.25. The summed E-state index contributed by atoms with van der Waals surface area (Å²) in [6.45, 7) is 4.63. The van der Waals surface area contributed by atoms with E-state index in [2.05, 4.69) is 0 Å². The van der Waals surface area contributed by atoms with Crippen molar-refractivity contribution in [2.24, 2.45) is 5.73 Å². The summed E-state index contributed by atoms with van der Waals surface area (Å²) in [5.41, 5.74) is 5.62. The minimum absolute atomic E-state index is 0.0270. The molecule has 1 saturated heterocycles. The monoisotopic (exact) mass is 172 g/mol. The van der Waals surface area contributed by atoms with E-state index in [1.54, 1.807) is 4.90 Å². The maximum absolute atomic E-state index is 11.2. The van der Waals surface area contributed by atoms with Crippen LogP contribution in [-0.2, 0) is 9.53 Å². The van der Waals surface area contributed by atoms with Gasteiger partial charge in [-0.15, -0.1) is 0 Å². The standard InChI is InChI=1S/C8H16N2O2/c1-2-12-4-3-10-6-7(9)5-8(10)11/h7H,2-6,9H2,1H3/t7-/m0/s1. The maximum atomic E-state index is 11.2. The topological polar surface area (TPSA) is 55.6 Å². The van der Waals surface area contributed by atoms with Gasteiger partial charge in [-0.05, 0) is 6.92 Å². The normalized spacial score (nSPS) is 23.7. The van der Waals surface area contributed by atoms with Crippen LogP contribution in [0, 0.1) is 0 Å². The molecule has 1 rings (SSSR count). The lowest BCUT2D eigenvalue weighted by molar-refractivity contribution is -0.128. The summed E-state index contributed by atoms with van der Waals surface area (Å²) in [6, 6.07) is 0.0270. The lowest BCUT2D eigenvalue weighted by Gasteiger charge is -2.15. The molecule has 0 radical (unpaired) electrons. The lowest BCUT2D eigenvalue weighted by atomic mass is 10.3. The minimum atomic E-state index is 0.0270. The van der Waals surface area contributed by atoms with Gasteiger partial charge >= 0.3 is 0 Å². The third kappa shape index (κ3) is 2.46. The van der Waals surface area contributed by atoms with Gasteiger partial charge in [-0.25, -0.2) is 0 Å². The Morgan fingerprint density at radius 3 is 3.00 bits per heavy atom. The molecule has 1 aliphatic heterocycles. The van der Waals surface area contributed by atoms with Crippen molar-refractivity contribution in [3.63, 3.8) is 0 Å². The fraction of sp³-hybridized carbons (Fsp3) is 0.875. The smallest absolute Gasteiger partial charge is 0.224 e. The molecular formula is C8H16N2O2. The molecule has 70 valence electrons. The molecule has 1 aliphatic rings. The number of hydrogen-bond donors (Lipinski definition) is 1. The first-order valence-electron chi connectivity index (χ1n) is 4.35. The van der Waals surface area contributed by atoms with Crippen molar-refractivity contribution in [2.45, 2.75) is 19.4 Å². The summed E-state index contributed by atoms with van der Waals surface area (Å²) in [5, 5.41) is 0. The SMILES string of the molecule is CCOCCN1C[C@@H](N)CC1=O. The van der Waals surface area contributed by atoms with E-state index < -0.39 is 0 Å². The number of ether oxygens (including phenoxy) is 1. The molecule has 0 saturated carbocycles. The summed E-state index contributed by atoms with van der Waals surface area (Å²) in [7, 11) is 0. The van der Waals surface area contributed by atoms with Crippen LogP contribution in [0.3, 0.4) is 0 Å². The van der Waals surface area contributed by atoms with Crippen molar-refractivity contribution < 1.29 is 9.53 Å². The molecule has 1 amide bonds. The summed E-state index contributed by atoms with van der Waals surface area (Å²) in [6.07, 6.45) is 0.492. The first-order chi connectivity index (χ1) is 5.74. The van der Waals surface area contributed by atoms with E-state index >= 15 is 0 Å². The second-order valence-electron chi connectivity index (χ2n) is 3.00. The maximum Gasteiger partial charge on any atom is 0.224 e. The number of nitrogens with two attached hydrogens (primary N) is 1. The lowest BCUT2D eigenvalue weighted by Crippen LogP contribution is -2.31. The quantitative estimate of drug-likeness (QED) is 0.586. The van der Waals surface area contributed by atoms with Gasteiger partial charge in [0.2, 0.25) is 5.91 Å². The fourth-order valence-electron chi connectivity index (χ4n) is 1.34. The van der Waals surface area contributed by atoms with Crippen LogP contribution in [0.15, 0.2) is 0 Å². The Balaban J connectivity index is 2.19. The Hall–Kier alpha value is -0.610. The van der Waals surface area contributed by atoms with Crippen LogP contribution in [-0.4, -0.2) is 43.2 Å². The zero-order chi connectivity index (χ0) is 8.97. The minimum Gasteiger partial charge on any atom is -0.380 e. The zero-order valence-electron chi connectivity index (χ0n) is 7.45. The van der Waals surface area contributed by atoms with Crippen molar-refractivity contribution >= 4 is 5.91 Å². The van der Waals surface area contributed by atoms with Crippen molar-refractivity contribution in [3.8, 4) is 0 Å². The van der Waals surface area contributed by atoms with Crippen molar-refractivity contribution in [3.05, 3.63) is 0 Å². The Kier molecular flexibility index (Phi) is 3.49. The van der Waals surface area contributed by atoms with Gasteiger partial charge in [-0.3, -0.25) is 4.79 Å². The van der Waals surface area contributed by atoms with E-state index in [9.17, 15) is 4.79 Å². The molecule has 4 nitrogen and oxygen atoms in total. The van der Waals surface area contributed by atoms with Crippen LogP contribution in [0.1, 0.15) is 13.3 Å². The molecule has 0 aliphatic carbocycles. The van der Waals surface area contributed by atoms with Crippen LogP contribution in [0.5, 0.6) is 0 Å². The highest BCUT2D eigenvalue weighted by atomic mass is 16.5. The number of rotatable bonds is 4. The zero-order valence-corrected chi connectivity index (χ0v) is 7.45. The first kappa shape index (κ1) is 9.48. The van der Waals surface area contributed by atoms with Crippen LogP contribution in [0.2, 0.25) is 0 Å². The van der Waals surface area contributed by atoms with E-state index in [4.69, 9.17) is 10.5 Å². The van der Waals surface area contributed by atoms with Crippen LogP contribution in [0.4, 0.5) is 0 Å². The average Bonchev–Trinajstić information content (AvgIpc) is 2.31.